The van der Waals surface area contributed by atoms with Crippen LogP contribution in [0.2, 0.25) is 0 Å². The summed E-state index contributed by atoms with van der Waals surface area (Å²) in [6, 6.07) is 9.80. The van der Waals surface area contributed by atoms with Crippen molar-refractivity contribution in [1.29, 1.82) is 0 Å². The van der Waals surface area contributed by atoms with Gasteiger partial charge >= 0.3 is 0 Å². The highest BCUT2D eigenvalue weighted by Gasteiger charge is 2.37. The number of benzene rings is 2. The highest BCUT2D eigenvalue weighted by molar-refractivity contribution is 5.80. The number of nitrogens with zero attached hydrogens (tertiary/aromatic N) is 1. The maximum Gasteiger partial charge on any atom is 0.280 e. The Balaban J connectivity index is 2.21. The summed E-state index contributed by atoms with van der Waals surface area (Å²) in [5, 5.41) is 11.7. The summed E-state index contributed by atoms with van der Waals surface area (Å²) in [6.07, 6.45) is 4.44. The lowest BCUT2D eigenvalue weighted by Gasteiger charge is -2.17. The van der Waals surface area contributed by atoms with Crippen LogP contribution >= 0.6 is 0 Å². The lowest BCUT2D eigenvalue weighted by molar-refractivity contribution is -0.385. The van der Waals surface area contributed by atoms with Crippen LogP contribution < -0.4 is 4.74 Å². The molecular formula is C20H21NO3. The molecule has 24 heavy (non-hydrogen) atoms. The molecule has 1 aliphatic rings. The molecule has 0 aromatic heterocycles. The van der Waals surface area contributed by atoms with E-state index in [-0.39, 0.29) is 16.2 Å². The van der Waals surface area contributed by atoms with Crippen LogP contribution in [0.15, 0.2) is 30.3 Å². The van der Waals surface area contributed by atoms with E-state index in [2.05, 4.69) is 0 Å². The summed E-state index contributed by atoms with van der Waals surface area (Å²) in [5.41, 5.74) is 3.97. The Kier molecular flexibility index (Phi) is 3.91. The van der Waals surface area contributed by atoms with Gasteiger partial charge < -0.3 is 4.74 Å². The van der Waals surface area contributed by atoms with Gasteiger partial charge in [-0.1, -0.05) is 36.4 Å². The molecule has 0 radical (unpaired) electrons. The van der Waals surface area contributed by atoms with Gasteiger partial charge in [0.05, 0.1) is 10.5 Å². The first kappa shape index (κ1) is 16.2. The number of ether oxygens (including phenoxy) is 1. The lowest BCUT2D eigenvalue weighted by Crippen LogP contribution is -2.24. The zero-order chi connectivity index (χ0) is 17.5. The number of nitro groups is 1. The van der Waals surface area contributed by atoms with Gasteiger partial charge in [0.15, 0.2) is 0 Å². The van der Waals surface area contributed by atoms with Crippen molar-refractivity contribution in [2.24, 2.45) is 0 Å². The Labute approximate surface area is 141 Å². The van der Waals surface area contributed by atoms with Crippen LogP contribution in [-0.4, -0.2) is 10.5 Å². The largest absolute Gasteiger partial charge is 0.487 e. The summed E-state index contributed by atoms with van der Waals surface area (Å²) in [7, 11) is 0. The Morgan fingerprint density at radius 1 is 1.12 bits per heavy atom. The highest BCUT2D eigenvalue weighted by atomic mass is 16.6. The molecule has 4 heteroatoms. The average molecular weight is 323 g/mol. The normalized spacial score (nSPS) is 15.3. The molecular weight excluding hydrogens is 302 g/mol. The molecule has 0 atom stereocenters. The fraction of sp³-hybridized carbons (Fsp3) is 0.300. The summed E-state index contributed by atoms with van der Waals surface area (Å²) in [5.74, 6) is 0.802. The number of hydrogen-bond donors (Lipinski definition) is 0. The van der Waals surface area contributed by atoms with Crippen LogP contribution in [-0.2, 0) is 6.42 Å². The molecule has 0 N–H and O–H groups in total. The minimum atomic E-state index is -0.343. The topological polar surface area (TPSA) is 52.4 Å². The van der Waals surface area contributed by atoms with Gasteiger partial charge in [-0.3, -0.25) is 10.1 Å². The van der Waals surface area contributed by atoms with Gasteiger partial charge in [-0.25, -0.2) is 0 Å². The Morgan fingerprint density at radius 2 is 1.79 bits per heavy atom. The first-order valence-electron chi connectivity index (χ1n) is 8.03. The zero-order valence-electron chi connectivity index (χ0n) is 14.4. The Morgan fingerprint density at radius 3 is 2.42 bits per heavy atom. The van der Waals surface area contributed by atoms with E-state index in [9.17, 15) is 10.1 Å². The lowest BCUT2D eigenvalue weighted by atomic mass is 9.91. The van der Waals surface area contributed by atoms with E-state index in [0.29, 0.717) is 17.5 Å². The molecule has 0 amide bonds. The molecule has 1 aliphatic heterocycles. The highest BCUT2D eigenvalue weighted by Crippen LogP contribution is 2.46. The van der Waals surface area contributed by atoms with Gasteiger partial charge in [-0.05, 0) is 39.3 Å². The first-order chi connectivity index (χ1) is 11.3. The molecule has 0 saturated heterocycles. The molecule has 0 spiro atoms. The third kappa shape index (κ3) is 2.80. The third-order valence-corrected chi connectivity index (χ3v) is 4.52. The summed E-state index contributed by atoms with van der Waals surface area (Å²) in [4.78, 5) is 11.4. The molecule has 3 rings (SSSR count). The summed E-state index contributed by atoms with van der Waals surface area (Å²) < 4.78 is 6.08. The van der Waals surface area contributed by atoms with Gasteiger partial charge in [-0.15, -0.1) is 0 Å². The van der Waals surface area contributed by atoms with Crippen LogP contribution in [0.25, 0.3) is 12.2 Å². The van der Waals surface area contributed by atoms with E-state index >= 15 is 0 Å². The standard InChI is InChI=1S/C20H21NO3/c1-13-14(2)19-17(12-20(3,4)24-19)16(18(13)21(22)23)11-10-15-8-6-5-7-9-15/h5-11H,12H2,1-4H3. The first-order valence-corrected chi connectivity index (χ1v) is 8.03. The fourth-order valence-corrected chi connectivity index (χ4v) is 3.25. The van der Waals surface area contributed by atoms with E-state index in [1.165, 1.54) is 0 Å². The molecule has 0 bridgehead atoms. The summed E-state index contributed by atoms with van der Waals surface area (Å²) >= 11 is 0. The maximum atomic E-state index is 11.7. The number of nitro benzene ring substituents is 1. The Hall–Kier alpha value is -2.62. The SMILES string of the molecule is Cc1c(C)c([N+](=O)[O-])c(C=Cc2ccccc2)c2c1OC(C)(C)C2. The van der Waals surface area contributed by atoms with Crippen LogP contribution in [0, 0.1) is 24.0 Å². The van der Waals surface area contributed by atoms with Crippen molar-refractivity contribution in [3.8, 4) is 5.75 Å². The van der Waals surface area contributed by atoms with E-state index in [1.54, 1.807) is 6.92 Å². The number of hydrogen-bond acceptors (Lipinski definition) is 3. The van der Waals surface area contributed by atoms with Crippen molar-refractivity contribution in [1.82, 2.24) is 0 Å². The van der Waals surface area contributed by atoms with Crippen molar-refractivity contribution in [3.63, 3.8) is 0 Å². The number of fused-ring (bicyclic) bond motifs is 1. The van der Waals surface area contributed by atoms with E-state index in [1.807, 2.05) is 63.3 Å². The average Bonchev–Trinajstić information content (AvgIpc) is 2.85. The maximum absolute atomic E-state index is 11.7. The van der Waals surface area contributed by atoms with Gasteiger partial charge in [0, 0.05) is 23.1 Å². The smallest absolute Gasteiger partial charge is 0.280 e. The van der Waals surface area contributed by atoms with Gasteiger partial charge in [0.2, 0.25) is 0 Å². The minimum absolute atomic E-state index is 0.180. The second-order valence-electron chi connectivity index (χ2n) is 6.86. The fourth-order valence-electron chi connectivity index (χ4n) is 3.25. The third-order valence-electron chi connectivity index (χ3n) is 4.52. The van der Waals surface area contributed by atoms with E-state index in [0.717, 1.165) is 22.4 Å². The van der Waals surface area contributed by atoms with Crippen LogP contribution in [0.4, 0.5) is 5.69 Å². The van der Waals surface area contributed by atoms with Crippen LogP contribution in [0.5, 0.6) is 5.75 Å². The van der Waals surface area contributed by atoms with Crippen molar-refractivity contribution >= 4 is 17.8 Å². The molecule has 1 heterocycles. The van der Waals surface area contributed by atoms with E-state index < -0.39 is 0 Å². The molecule has 124 valence electrons. The predicted molar refractivity (Wildman–Crippen MR) is 96.4 cm³/mol. The molecule has 0 unspecified atom stereocenters. The molecule has 0 saturated carbocycles. The molecule has 4 nitrogen and oxygen atoms in total. The molecule has 2 aromatic rings. The van der Waals surface area contributed by atoms with Crippen LogP contribution in [0.3, 0.4) is 0 Å². The van der Waals surface area contributed by atoms with Gasteiger partial charge in [-0.2, -0.15) is 0 Å². The van der Waals surface area contributed by atoms with E-state index in [4.69, 9.17) is 4.74 Å². The van der Waals surface area contributed by atoms with Crippen LogP contribution in [0.1, 0.15) is 41.7 Å². The quantitative estimate of drug-likeness (QED) is 0.449. The minimum Gasteiger partial charge on any atom is -0.487 e. The second-order valence-corrected chi connectivity index (χ2v) is 6.86. The van der Waals surface area contributed by atoms with Gasteiger partial charge in [0.1, 0.15) is 11.4 Å². The number of rotatable bonds is 3. The summed E-state index contributed by atoms with van der Waals surface area (Å²) in [6.45, 7) is 7.71. The molecule has 0 fully saturated rings. The molecule has 2 aromatic carbocycles. The van der Waals surface area contributed by atoms with Crippen molar-refractivity contribution < 1.29 is 9.66 Å². The predicted octanol–water partition coefficient (Wildman–Crippen LogP) is 5.10. The van der Waals surface area contributed by atoms with Crippen molar-refractivity contribution in [2.75, 3.05) is 0 Å². The van der Waals surface area contributed by atoms with Gasteiger partial charge in [0.25, 0.3) is 5.69 Å². The Bertz CT molecular complexity index is 836. The van der Waals surface area contributed by atoms with Crippen molar-refractivity contribution in [2.45, 2.75) is 39.7 Å². The second kappa shape index (κ2) is 5.78. The molecule has 0 aliphatic carbocycles. The van der Waals surface area contributed by atoms with Crippen molar-refractivity contribution in [3.05, 3.63) is 68.3 Å². The zero-order valence-corrected chi connectivity index (χ0v) is 14.4. The monoisotopic (exact) mass is 323 g/mol.